The van der Waals surface area contributed by atoms with Crippen molar-refractivity contribution in [1.82, 2.24) is 4.98 Å². The molecule has 0 bridgehead atoms. The molecule has 1 N–H and O–H groups in total. The van der Waals surface area contributed by atoms with Crippen molar-refractivity contribution in [3.63, 3.8) is 0 Å². The lowest BCUT2D eigenvalue weighted by molar-refractivity contribution is 0.446. The Bertz CT molecular complexity index is 1790. The van der Waals surface area contributed by atoms with Gasteiger partial charge in [-0.25, -0.2) is 18.2 Å². The summed E-state index contributed by atoms with van der Waals surface area (Å²) in [5.41, 5.74) is 2.00. The van der Waals surface area contributed by atoms with Gasteiger partial charge in [-0.15, -0.1) is 0 Å². The van der Waals surface area contributed by atoms with Crippen LogP contribution in [0.1, 0.15) is 35.4 Å². The summed E-state index contributed by atoms with van der Waals surface area (Å²) >= 11 is 0. The molecule has 0 spiro atoms. The molecule has 7 heteroatoms. The smallest absolute Gasteiger partial charge is 0.343 e. The molecule has 2 aromatic heterocycles. The van der Waals surface area contributed by atoms with E-state index >= 15 is 0 Å². The Balaban J connectivity index is 1.38. The number of sulfone groups is 1. The quantitative estimate of drug-likeness (QED) is 0.308. The van der Waals surface area contributed by atoms with Crippen LogP contribution in [0, 0.1) is 5.92 Å². The number of benzene rings is 3. The van der Waals surface area contributed by atoms with Crippen LogP contribution < -0.4 is 5.63 Å². The van der Waals surface area contributed by atoms with E-state index in [4.69, 9.17) is 4.42 Å². The Hall–Kier alpha value is -3.97. The fraction of sp³-hybridized carbons (Fsp3) is 0.172. The lowest BCUT2D eigenvalue weighted by Crippen LogP contribution is -2.16. The van der Waals surface area contributed by atoms with Gasteiger partial charge in [0, 0.05) is 11.3 Å². The van der Waals surface area contributed by atoms with Crippen molar-refractivity contribution >= 4 is 31.7 Å². The molecule has 1 saturated carbocycles. The Morgan fingerprint density at radius 3 is 2.56 bits per heavy atom. The summed E-state index contributed by atoms with van der Waals surface area (Å²) in [4.78, 5) is 17.3. The Labute approximate surface area is 207 Å². The second kappa shape index (κ2) is 8.60. The third-order valence-electron chi connectivity index (χ3n) is 6.78. The molecule has 1 fully saturated rings. The van der Waals surface area contributed by atoms with Gasteiger partial charge < -0.3 is 9.52 Å². The first-order valence-corrected chi connectivity index (χ1v) is 13.5. The SMILES string of the molecule is O=c1oc2ccccc2c(O)c1C(c1cccc(CS(=O)(=O)c2ccc3ccccc3n2)c1)C1CC1. The fourth-order valence-electron chi connectivity index (χ4n) is 4.92. The molecule has 0 amide bonds. The van der Waals surface area contributed by atoms with E-state index < -0.39 is 15.5 Å². The molecule has 1 aliphatic carbocycles. The van der Waals surface area contributed by atoms with Crippen LogP contribution in [0.25, 0.3) is 21.9 Å². The van der Waals surface area contributed by atoms with Crippen LogP contribution in [0.2, 0.25) is 0 Å². The van der Waals surface area contributed by atoms with Gasteiger partial charge in [0.15, 0.2) is 14.9 Å². The highest BCUT2D eigenvalue weighted by Gasteiger charge is 2.38. The molecule has 6 nitrogen and oxygen atoms in total. The van der Waals surface area contributed by atoms with Crippen LogP contribution in [0.3, 0.4) is 0 Å². The minimum Gasteiger partial charge on any atom is -0.507 e. The number of fused-ring (bicyclic) bond motifs is 2. The van der Waals surface area contributed by atoms with Gasteiger partial charge in [-0.1, -0.05) is 54.6 Å². The number of hydrogen-bond acceptors (Lipinski definition) is 6. The van der Waals surface area contributed by atoms with E-state index in [-0.39, 0.29) is 33.9 Å². The summed E-state index contributed by atoms with van der Waals surface area (Å²) in [6.07, 6.45) is 1.83. The second-order valence-electron chi connectivity index (χ2n) is 9.31. The van der Waals surface area contributed by atoms with Crippen molar-refractivity contribution < 1.29 is 17.9 Å². The van der Waals surface area contributed by atoms with E-state index in [9.17, 15) is 18.3 Å². The van der Waals surface area contributed by atoms with Gasteiger partial charge in [-0.05, 0) is 60.2 Å². The summed E-state index contributed by atoms with van der Waals surface area (Å²) in [7, 11) is -3.70. The van der Waals surface area contributed by atoms with Gasteiger partial charge in [0.1, 0.15) is 11.3 Å². The summed E-state index contributed by atoms with van der Waals surface area (Å²) < 4.78 is 32.0. The molecule has 5 aromatic rings. The van der Waals surface area contributed by atoms with E-state index in [1.54, 1.807) is 48.5 Å². The van der Waals surface area contributed by atoms with E-state index in [0.29, 0.717) is 22.0 Å². The minimum atomic E-state index is -3.70. The zero-order valence-electron chi connectivity index (χ0n) is 19.3. The predicted octanol–water partition coefficient (Wildman–Crippen LogP) is 5.56. The number of aromatic hydroxyl groups is 1. The monoisotopic (exact) mass is 497 g/mol. The highest BCUT2D eigenvalue weighted by molar-refractivity contribution is 7.90. The summed E-state index contributed by atoms with van der Waals surface area (Å²) in [5, 5.41) is 12.5. The highest BCUT2D eigenvalue weighted by Crippen LogP contribution is 2.48. The standard InChI is InChI=1S/C29H23NO5S/c31-28-22-9-2-4-11-24(22)35-29(32)27(28)26(20-12-13-20)21-8-5-6-18(16-21)17-36(33,34)25-15-14-19-7-1-3-10-23(19)30-25/h1-11,14-16,20,26,31H,12-13,17H2. The van der Waals surface area contributed by atoms with Crippen LogP contribution in [0.5, 0.6) is 5.75 Å². The molecular formula is C29H23NO5S. The third-order valence-corrected chi connectivity index (χ3v) is 8.36. The van der Waals surface area contributed by atoms with Gasteiger partial charge in [0.2, 0.25) is 0 Å². The number of aromatic nitrogens is 1. The molecular weight excluding hydrogens is 474 g/mol. The average Bonchev–Trinajstić information content (AvgIpc) is 3.71. The lowest BCUT2D eigenvalue weighted by atomic mass is 9.86. The van der Waals surface area contributed by atoms with Crippen molar-refractivity contribution in [2.75, 3.05) is 0 Å². The van der Waals surface area contributed by atoms with Crippen LogP contribution in [-0.2, 0) is 15.6 Å². The largest absolute Gasteiger partial charge is 0.507 e. The van der Waals surface area contributed by atoms with Crippen LogP contribution in [0.4, 0.5) is 0 Å². The number of para-hydroxylation sites is 2. The highest BCUT2D eigenvalue weighted by atomic mass is 32.2. The lowest BCUT2D eigenvalue weighted by Gasteiger charge is -2.19. The minimum absolute atomic E-state index is 0.0261. The zero-order chi connectivity index (χ0) is 24.9. The van der Waals surface area contributed by atoms with Crippen LogP contribution in [0.15, 0.2) is 99.2 Å². The number of hydrogen-bond donors (Lipinski definition) is 1. The zero-order valence-corrected chi connectivity index (χ0v) is 20.1. The predicted molar refractivity (Wildman–Crippen MR) is 138 cm³/mol. The Kier molecular flexibility index (Phi) is 5.38. The van der Waals surface area contributed by atoms with Gasteiger partial charge in [-0.2, -0.15) is 0 Å². The van der Waals surface area contributed by atoms with Crippen LogP contribution >= 0.6 is 0 Å². The molecule has 1 aliphatic rings. The fourth-order valence-corrected chi connectivity index (χ4v) is 6.20. The first-order chi connectivity index (χ1) is 17.4. The average molecular weight is 498 g/mol. The molecule has 1 atom stereocenters. The molecule has 2 heterocycles. The van der Waals surface area contributed by atoms with Crippen molar-refractivity contribution in [3.8, 4) is 5.75 Å². The normalized spacial score (nSPS) is 14.8. The van der Waals surface area contributed by atoms with Crippen molar-refractivity contribution in [2.45, 2.75) is 29.5 Å². The maximum absolute atomic E-state index is 13.2. The molecule has 0 aliphatic heterocycles. The van der Waals surface area contributed by atoms with E-state index in [2.05, 4.69) is 4.98 Å². The van der Waals surface area contributed by atoms with Crippen molar-refractivity contribution in [2.24, 2.45) is 5.92 Å². The first-order valence-electron chi connectivity index (χ1n) is 11.8. The maximum Gasteiger partial charge on any atom is 0.343 e. The Morgan fingerprint density at radius 2 is 1.72 bits per heavy atom. The molecule has 0 saturated heterocycles. The van der Waals surface area contributed by atoms with Gasteiger partial charge in [0.25, 0.3) is 0 Å². The topological polar surface area (TPSA) is 97.5 Å². The van der Waals surface area contributed by atoms with Crippen molar-refractivity contribution in [3.05, 3.63) is 112 Å². The molecule has 6 rings (SSSR count). The summed E-state index contributed by atoms with van der Waals surface area (Å²) in [5.74, 6) is -0.500. The third kappa shape index (κ3) is 4.05. The molecule has 3 aromatic carbocycles. The maximum atomic E-state index is 13.2. The summed E-state index contributed by atoms with van der Waals surface area (Å²) in [6, 6.07) is 24.8. The summed E-state index contributed by atoms with van der Waals surface area (Å²) in [6.45, 7) is 0. The molecule has 1 unspecified atom stereocenters. The molecule has 0 radical (unpaired) electrons. The van der Waals surface area contributed by atoms with Gasteiger partial charge in [-0.3, -0.25) is 0 Å². The Morgan fingerprint density at radius 1 is 0.944 bits per heavy atom. The number of pyridine rings is 1. The van der Waals surface area contributed by atoms with Crippen molar-refractivity contribution in [1.29, 1.82) is 0 Å². The number of rotatable bonds is 6. The van der Waals surface area contributed by atoms with Gasteiger partial charge >= 0.3 is 5.63 Å². The molecule has 180 valence electrons. The molecule has 36 heavy (non-hydrogen) atoms. The van der Waals surface area contributed by atoms with E-state index in [1.165, 1.54) is 6.07 Å². The second-order valence-corrected chi connectivity index (χ2v) is 11.2. The van der Waals surface area contributed by atoms with E-state index in [0.717, 1.165) is 23.8 Å². The number of nitrogens with zero attached hydrogens (tertiary/aromatic N) is 1. The van der Waals surface area contributed by atoms with E-state index in [1.807, 2.05) is 30.3 Å². The first kappa shape index (κ1) is 22.5. The van der Waals surface area contributed by atoms with Crippen LogP contribution in [-0.4, -0.2) is 18.5 Å². The van der Waals surface area contributed by atoms with Gasteiger partial charge in [0.05, 0.1) is 22.2 Å².